The SMILES string of the molecule is O=C(c1cc(C2CC2)nc2c1nc1n2CCCCC1)N1CCC[C@@H]1c1ccc2c(c1)OCCO2. The van der Waals surface area contributed by atoms with E-state index in [4.69, 9.17) is 19.4 Å². The molecule has 5 heterocycles. The van der Waals surface area contributed by atoms with Gasteiger partial charge in [0, 0.05) is 31.1 Å². The van der Waals surface area contributed by atoms with Gasteiger partial charge < -0.3 is 18.9 Å². The van der Waals surface area contributed by atoms with E-state index in [1.165, 1.54) is 6.42 Å². The Bertz CT molecular complexity index is 1280. The van der Waals surface area contributed by atoms with Gasteiger partial charge in [0.25, 0.3) is 5.91 Å². The summed E-state index contributed by atoms with van der Waals surface area (Å²) in [5.74, 6) is 3.23. The summed E-state index contributed by atoms with van der Waals surface area (Å²) in [4.78, 5) is 26.2. The molecule has 2 fully saturated rings. The molecule has 3 aromatic rings. The summed E-state index contributed by atoms with van der Waals surface area (Å²) >= 11 is 0. The number of likely N-dealkylation sites (tertiary alicyclic amines) is 1. The Morgan fingerprint density at radius 2 is 1.79 bits per heavy atom. The second-order valence-electron chi connectivity index (χ2n) is 10.1. The van der Waals surface area contributed by atoms with Crippen molar-refractivity contribution in [1.82, 2.24) is 19.4 Å². The Morgan fingerprint density at radius 1 is 0.912 bits per heavy atom. The van der Waals surface area contributed by atoms with Crippen molar-refractivity contribution < 1.29 is 14.3 Å². The largest absolute Gasteiger partial charge is 0.486 e. The number of rotatable bonds is 3. The second-order valence-corrected chi connectivity index (χ2v) is 10.1. The number of amides is 1. The Balaban J connectivity index is 1.29. The Kier molecular flexibility index (Phi) is 4.77. The molecule has 0 unspecified atom stereocenters. The number of pyridine rings is 1. The number of hydrogen-bond donors (Lipinski definition) is 0. The minimum Gasteiger partial charge on any atom is -0.486 e. The molecule has 0 N–H and O–H groups in total. The van der Waals surface area contributed by atoms with Crippen LogP contribution in [0.4, 0.5) is 0 Å². The highest BCUT2D eigenvalue weighted by Crippen LogP contribution is 2.42. The van der Waals surface area contributed by atoms with Crippen LogP contribution >= 0.6 is 0 Å². The average molecular weight is 459 g/mol. The van der Waals surface area contributed by atoms with Crippen LogP contribution in [-0.2, 0) is 13.0 Å². The molecule has 1 aromatic carbocycles. The van der Waals surface area contributed by atoms with E-state index in [0.29, 0.717) is 19.1 Å². The van der Waals surface area contributed by atoms with Crippen LogP contribution < -0.4 is 9.47 Å². The topological polar surface area (TPSA) is 69.5 Å². The number of fused-ring (bicyclic) bond motifs is 4. The molecule has 4 aliphatic rings. The van der Waals surface area contributed by atoms with E-state index in [1.807, 2.05) is 11.0 Å². The Labute approximate surface area is 199 Å². The number of aryl methyl sites for hydroxylation is 2. The van der Waals surface area contributed by atoms with Crippen molar-refractivity contribution in [2.24, 2.45) is 0 Å². The van der Waals surface area contributed by atoms with Crippen molar-refractivity contribution >= 4 is 17.1 Å². The lowest BCUT2D eigenvalue weighted by Gasteiger charge is -2.27. The van der Waals surface area contributed by atoms with Gasteiger partial charge in [-0.15, -0.1) is 0 Å². The molecule has 1 saturated carbocycles. The molecule has 0 bridgehead atoms. The quantitative estimate of drug-likeness (QED) is 0.565. The number of carbonyl (C=O) groups is 1. The first-order valence-corrected chi connectivity index (χ1v) is 12.9. The fourth-order valence-electron chi connectivity index (χ4n) is 5.84. The predicted octanol–water partition coefficient (Wildman–Crippen LogP) is 4.78. The van der Waals surface area contributed by atoms with E-state index in [1.54, 1.807) is 0 Å². The number of carbonyl (C=O) groups excluding carboxylic acids is 1. The van der Waals surface area contributed by atoms with Gasteiger partial charge in [0.15, 0.2) is 17.1 Å². The van der Waals surface area contributed by atoms with Gasteiger partial charge in [-0.1, -0.05) is 12.5 Å². The summed E-state index contributed by atoms with van der Waals surface area (Å²) in [5, 5.41) is 0. The van der Waals surface area contributed by atoms with Crippen LogP contribution in [0.3, 0.4) is 0 Å². The summed E-state index contributed by atoms with van der Waals surface area (Å²) in [6.07, 6.45) is 8.77. The van der Waals surface area contributed by atoms with Crippen LogP contribution in [0.25, 0.3) is 11.2 Å². The third-order valence-electron chi connectivity index (χ3n) is 7.78. The fraction of sp³-hybridized carbons (Fsp3) is 0.519. The van der Waals surface area contributed by atoms with Gasteiger partial charge in [-0.25, -0.2) is 9.97 Å². The maximum Gasteiger partial charge on any atom is 0.256 e. The van der Waals surface area contributed by atoms with Crippen molar-refractivity contribution in [1.29, 1.82) is 0 Å². The van der Waals surface area contributed by atoms with E-state index in [0.717, 1.165) is 103 Å². The predicted molar refractivity (Wildman–Crippen MR) is 128 cm³/mol. The summed E-state index contributed by atoms with van der Waals surface area (Å²) in [5.41, 5.74) is 4.62. The molecular weight excluding hydrogens is 428 g/mol. The molecule has 0 radical (unpaired) electrons. The zero-order chi connectivity index (χ0) is 22.6. The number of ether oxygens (including phenoxy) is 2. The van der Waals surface area contributed by atoms with Gasteiger partial charge in [-0.05, 0) is 62.3 Å². The van der Waals surface area contributed by atoms with Gasteiger partial charge >= 0.3 is 0 Å². The standard InChI is InChI=1S/C27H30N4O3/c32-27(30-12-4-5-21(30)18-9-10-22-23(15-18)34-14-13-33-22)19-16-20(17-7-8-17)28-26-25(19)29-24-6-2-1-3-11-31(24)26/h9-10,15-17,21H,1-8,11-14H2/t21-/m1/s1. The molecule has 176 valence electrons. The monoisotopic (exact) mass is 458 g/mol. The summed E-state index contributed by atoms with van der Waals surface area (Å²) < 4.78 is 13.8. The lowest BCUT2D eigenvalue weighted by molar-refractivity contribution is 0.0736. The van der Waals surface area contributed by atoms with Gasteiger partial charge in [0.2, 0.25) is 0 Å². The van der Waals surface area contributed by atoms with Crippen LogP contribution in [-0.4, -0.2) is 45.1 Å². The zero-order valence-corrected chi connectivity index (χ0v) is 19.5. The highest BCUT2D eigenvalue weighted by Gasteiger charge is 2.35. The van der Waals surface area contributed by atoms with Gasteiger partial charge in [0.1, 0.15) is 24.6 Å². The first kappa shape index (κ1) is 20.3. The van der Waals surface area contributed by atoms with Crippen molar-refractivity contribution in [3.8, 4) is 11.5 Å². The lowest BCUT2D eigenvalue weighted by Crippen LogP contribution is -2.31. The first-order chi connectivity index (χ1) is 16.8. The lowest BCUT2D eigenvalue weighted by atomic mass is 10.0. The van der Waals surface area contributed by atoms with E-state index in [9.17, 15) is 4.79 Å². The van der Waals surface area contributed by atoms with Crippen molar-refractivity contribution in [3.05, 3.63) is 46.9 Å². The van der Waals surface area contributed by atoms with E-state index < -0.39 is 0 Å². The maximum absolute atomic E-state index is 14.1. The van der Waals surface area contributed by atoms with Crippen LogP contribution in [0.5, 0.6) is 11.5 Å². The minimum absolute atomic E-state index is 0.0383. The number of aromatic nitrogens is 3. The Morgan fingerprint density at radius 3 is 2.68 bits per heavy atom. The van der Waals surface area contributed by atoms with Crippen molar-refractivity contribution in [2.45, 2.75) is 69.9 Å². The maximum atomic E-state index is 14.1. The summed E-state index contributed by atoms with van der Waals surface area (Å²) in [6.45, 7) is 2.85. The first-order valence-electron chi connectivity index (χ1n) is 12.9. The molecule has 0 spiro atoms. The van der Waals surface area contributed by atoms with Gasteiger partial charge in [-0.2, -0.15) is 0 Å². The second kappa shape index (κ2) is 8.00. The molecule has 34 heavy (non-hydrogen) atoms. The molecule has 7 rings (SSSR count). The zero-order valence-electron chi connectivity index (χ0n) is 19.5. The molecule has 2 aromatic heterocycles. The summed E-state index contributed by atoms with van der Waals surface area (Å²) in [6, 6.07) is 8.21. The smallest absolute Gasteiger partial charge is 0.256 e. The molecule has 1 atom stereocenters. The fourth-order valence-corrected chi connectivity index (χ4v) is 5.84. The van der Waals surface area contributed by atoms with Gasteiger partial charge in [0.05, 0.1) is 11.6 Å². The number of nitrogens with zero attached hydrogens (tertiary/aromatic N) is 4. The summed E-state index contributed by atoms with van der Waals surface area (Å²) in [7, 11) is 0. The normalized spacial score (nSPS) is 22.0. The van der Waals surface area contributed by atoms with Crippen LogP contribution in [0.2, 0.25) is 0 Å². The van der Waals surface area contributed by atoms with Crippen molar-refractivity contribution in [2.75, 3.05) is 19.8 Å². The van der Waals surface area contributed by atoms with Crippen LogP contribution in [0, 0.1) is 0 Å². The van der Waals surface area contributed by atoms with Crippen molar-refractivity contribution in [3.63, 3.8) is 0 Å². The molecule has 3 aliphatic heterocycles. The van der Waals surface area contributed by atoms with Gasteiger partial charge in [-0.3, -0.25) is 4.79 Å². The number of benzene rings is 1. The average Bonchev–Trinajstić information content (AvgIpc) is 3.57. The minimum atomic E-state index is 0.0383. The molecule has 1 amide bonds. The molecular formula is C27H30N4O3. The highest BCUT2D eigenvalue weighted by molar-refractivity contribution is 6.04. The third-order valence-corrected chi connectivity index (χ3v) is 7.78. The number of hydrogen-bond acceptors (Lipinski definition) is 5. The molecule has 1 saturated heterocycles. The van der Waals surface area contributed by atoms with Crippen LogP contribution in [0.15, 0.2) is 24.3 Å². The van der Waals surface area contributed by atoms with E-state index in [2.05, 4.69) is 22.8 Å². The van der Waals surface area contributed by atoms with E-state index in [-0.39, 0.29) is 11.9 Å². The number of imidazole rings is 1. The Hall–Kier alpha value is -3.09. The van der Waals surface area contributed by atoms with E-state index >= 15 is 0 Å². The molecule has 1 aliphatic carbocycles. The highest BCUT2D eigenvalue weighted by atomic mass is 16.6. The third kappa shape index (κ3) is 3.36. The van der Waals surface area contributed by atoms with Crippen LogP contribution in [0.1, 0.15) is 84.3 Å². The molecule has 7 nitrogen and oxygen atoms in total. The molecule has 7 heteroatoms.